The number of hydrogen-bond donors (Lipinski definition) is 0. The van der Waals surface area contributed by atoms with E-state index in [4.69, 9.17) is 34.8 Å². The zero-order valence-corrected chi connectivity index (χ0v) is 11.6. The molecule has 2 rings (SSSR count). The SMILES string of the molecule is Fc1cccc(CC(Cl)c2cccc(Cl)c2Cl)c1. The van der Waals surface area contributed by atoms with Gasteiger partial charge in [-0.15, -0.1) is 11.6 Å². The van der Waals surface area contributed by atoms with E-state index in [0.29, 0.717) is 16.5 Å². The molecule has 0 aliphatic rings. The molecule has 0 aliphatic heterocycles. The van der Waals surface area contributed by atoms with Crippen molar-refractivity contribution in [3.8, 4) is 0 Å². The van der Waals surface area contributed by atoms with Gasteiger partial charge < -0.3 is 0 Å². The third-order valence-electron chi connectivity index (χ3n) is 2.62. The molecule has 0 saturated heterocycles. The van der Waals surface area contributed by atoms with Gasteiger partial charge in [0.1, 0.15) is 5.82 Å². The highest BCUT2D eigenvalue weighted by molar-refractivity contribution is 6.43. The molecule has 0 amide bonds. The van der Waals surface area contributed by atoms with Gasteiger partial charge in [-0.1, -0.05) is 47.5 Å². The third-order valence-corrected chi connectivity index (χ3v) is 3.85. The molecule has 4 heteroatoms. The first kappa shape index (κ1) is 13.7. The second kappa shape index (κ2) is 5.92. The van der Waals surface area contributed by atoms with Crippen LogP contribution in [-0.4, -0.2) is 0 Å². The summed E-state index contributed by atoms with van der Waals surface area (Å²) in [4.78, 5) is 0. The van der Waals surface area contributed by atoms with E-state index in [0.717, 1.165) is 11.1 Å². The van der Waals surface area contributed by atoms with Gasteiger partial charge in [0.05, 0.1) is 15.4 Å². The summed E-state index contributed by atoms with van der Waals surface area (Å²) in [5, 5.41) is 0.590. The largest absolute Gasteiger partial charge is 0.207 e. The molecule has 2 aromatic carbocycles. The highest BCUT2D eigenvalue weighted by Gasteiger charge is 2.14. The molecule has 0 fully saturated rings. The fourth-order valence-corrected chi connectivity index (χ4v) is 2.60. The van der Waals surface area contributed by atoms with Gasteiger partial charge in [-0.05, 0) is 35.7 Å². The van der Waals surface area contributed by atoms with E-state index in [9.17, 15) is 4.39 Å². The van der Waals surface area contributed by atoms with E-state index in [2.05, 4.69) is 0 Å². The number of hydrogen-bond acceptors (Lipinski definition) is 0. The van der Waals surface area contributed by atoms with Crippen molar-refractivity contribution in [3.63, 3.8) is 0 Å². The summed E-state index contributed by atoms with van der Waals surface area (Å²) in [6.45, 7) is 0. The zero-order chi connectivity index (χ0) is 13.1. The van der Waals surface area contributed by atoms with E-state index < -0.39 is 0 Å². The molecular weight excluding hydrogens is 294 g/mol. The number of rotatable bonds is 3. The van der Waals surface area contributed by atoms with Crippen LogP contribution >= 0.6 is 34.8 Å². The Hall–Kier alpha value is -0.760. The minimum absolute atomic E-state index is 0.270. The molecule has 0 saturated carbocycles. The summed E-state index contributed by atoms with van der Waals surface area (Å²) in [7, 11) is 0. The maximum Gasteiger partial charge on any atom is 0.123 e. The maximum atomic E-state index is 13.1. The Morgan fingerprint density at radius 2 is 1.78 bits per heavy atom. The van der Waals surface area contributed by atoms with Gasteiger partial charge in [0.15, 0.2) is 0 Å². The summed E-state index contributed by atoms with van der Waals surface area (Å²) in [6.07, 6.45) is 0.499. The van der Waals surface area contributed by atoms with Crippen LogP contribution in [0.3, 0.4) is 0 Å². The molecule has 0 nitrogen and oxygen atoms in total. The highest BCUT2D eigenvalue weighted by Crippen LogP contribution is 2.34. The molecule has 0 aliphatic carbocycles. The lowest BCUT2D eigenvalue weighted by Gasteiger charge is -2.12. The van der Waals surface area contributed by atoms with Crippen molar-refractivity contribution in [2.24, 2.45) is 0 Å². The molecule has 0 aromatic heterocycles. The predicted molar refractivity (Wildman–Crippen MR) is 75.2 cm³/mol. The van der Waals surface area contributed by atoms with Crippen LogP contribution in [0.25, 0.3) is 0 Å². The van der Waals surface area contributed by atoms with Crippen molar-refractivity contribution in [1.82, 2.24) is 0 Å². The fourth-order valence-electron chi connectivity index (χ4n) is 1.74. The molecule has 94 valence electrons. The smallest absolute Gasteiger partial charge is 0.123 e. The summed E-state index contributed by atoms with van der Waals surface area (Å²) >= 11 is 18.3. The Labute approximate surface area is 120 Å². The molecule has 2 aromatic rings. The molecular formula is C14H10Cl3F. The van der Waals surface area contributed by atoms with Gasteiger partial charge in [0.2, 0.25) is 0 Å². The molecule has 0 bridgehead atoms. The molecule has 0 N–H and O–H groups in total. The van der Waals surface area contributed by atoms with Crippen molar-refractivity contribution < 1.29 is 4.39 Å². The van der Waals surface area contributed by atoms with E-state index in [1.165, 1.54) is 12.1 Å². The van der Waals surface area contributed by atoms with E-state index in [1.54, 1.807) is 18.2 Å². The second-order valence-corrected chi connectivity index (χ2v) is 5.26. The quantitative estimate of drug-likeness (QED) is 0.642. The number of alkyl halides is 1. The van der Waals surface area contributed by atoms with Gasteiger partial charge in [-0.25, -0.2) is 4.39 Å². The number of halogens is 4. The average Bonchev–Trinajstić information content (AvgIpc) is 2.32. The molecule has 18 heavy (non-hydrogen) atoms. The van der Waals surface area contributed by atoms with Gasteiger partial charge >= 0.3 is 0 Å². The van der Waals surface area contributed by atoms with E-state index >= 15 is 0 Å². The first-order valence-electron chi connectivity index (χ1n) is 5.40. The van der Waals surface area contributed by atoms with Crippen molar-refractivity contribution in [1.29, 1.82) is 0 Å². The van der Waals surface area contributed by atoms with Crippen molar-refractivity contribution in [2.75, 3.05) is 0 Å². The minimum atomic E-state index is -0.335. The highest BCUT2D eigenvalue weighted by atomic mass is 35.5. The normalized spacial score (nSPS) is 12.4. The van der Waals surface area contributed by atoms with Crippen LogP contribution in [0.5, 0.6) is 0 Å². The Bertz CT molecular complexity index is 554. The van der Waals surface area contributed by atoms with Crippen LogP contribution in [0, 0.1) is 5.82 Å². The van der Waals surface area contributed by atoms with Crippen LogP contribution in [0.1, 0.15) is 16.5 Å². The lowest BCUT2D eigenvalue weighted by Crippen LogP contribution is -1.97. The first-order chi connectivity index (χ1) is 8.58. The standard InChI is InChI=1S/C14H10Cl3F/c15-12-6-2-5-11(14(12)17)13(16)8-9-3-1-4-10(18)7-9/h1-7,13H,8H2. The van der Waals surface area contributed by atoms with Gasteiger partial charge in [0.25, 0.3) is 0 Å². The van der Waals surface area contributed by atoms with E-state index in [-0.39, 0.29) is 11.2 Å². The summed E-state index contributed by atoms with van der Waals surface area (Å²) in [5.41, 5.74) is 1.58. The molecule has 0 spiro atoms. The lowest BCUT2D eigenvalue weighted by atomic mass is 10.0. The minimum Gasteiger partial charge on any atom is -0.207 e. The first-order valence-corrected chi connectivity index (χ1v) is 6.59. The zero-order valence-electron chi connectivity index (χ0n) is 9.34. The Balaban J connectivity index is 2.22. The van der Waals surface area contributed by atoms with Crippen LogP contribution in [0.15, 0.2) is 42.5 Å². The van der Waals surface area contributed by atoms with Crippen molar-refractivity contribution in [2.45, 2.75) is 11.8 Å². The van der Waals surface area contributed by atoms with Gasteiger partial charge in [0, 0.05) is 0 Å². The summed E-state index contributed by atoms with van der Waals surface area (Å²) in [5.74, 6) is -0.270. The molecule has 1 atom stereocenters. The van der Waals surface area contributed by atoms with Crippen LogP contribution in [0.2, 0.25) is 10.0 Å². The predicted octanol–water partition coefficient (Wildman–Crippen LogP) is 5.66. The third kappa shape index (κ3) is 3.17. The second-order valence-electron chi connectivity index (χ2n) is 3.94. The van der Waals surface area contributed by atoms with Gasteiger partial charge in [-0.3, -0.25) is 0 Å². The Kier molecular flexibility index (Phi) is 4.50. The van der Waals surface area contributed by atoms with Crippen molar-refractivity contribution in [3.05, 3.63) is 69.5 Å². The number of benzene rings is 2. The molecule has 0 heterocycles. The maximum absolute atomic E-state index is 13.1. The van der Waals surface area contributed by atoms with Crippen LogP contribution < -0.4 is 0 Å². The summed E-state index contributed by atoms with van der Waals surface area (Å²) < 4.78 is 13.1. The molecule has 0 radical (unpaired) electrons. The topological polar surface area (TPSA) is 0 Å². The lowest BCUT2D eigenvalue weighted by molar-refractivity contribution is 0.625. The average molecular weight is 304 g/mol. The van der Waals surface area contributed by atoms with Crippen molar-refractivity contribution >= 4 is 34.8 Å². The van der Waals surface area contributed by atoms with Gasteiger partial charge in [-0.2, -0.15) is 0 Å². The van der Waals surface area contributed by atoms with E-state index in [1.807, 2.05) is 12.1 Å². The van der Waals surface area contributed by atoms with Crippen LogP contribution in [-0.2, 0) is 6.42 Å². The molecule has 1 unspecified atom stereocenters. The fraction of sp³-hybridized carbons (Fsp3) is 0.143. The monoisotopic (exact) mass is 302 g/mol. The summed E-state index contributed by atoms with van der Waals surface area (Å²) in [6, 6.07) is 11.7. The van der Waals surface area contributed by atoms with Crippen LogP contribution in [0.4, 0.5) is 4.39 Å². The Morgan fingerprint density at radius 3 is 2.50 bits per heavy atom. The Morgan fingerprint density at radius 1 is 1.06 bits per heavy atom.